The first-order valence-corrected chi connectivity index (χ1v) is 6.60. The summed E-state index contributed by atoms with van der Waals surface area (Å²) in [6, 6.07) is 1.31. The number of rotatable bonds is 6. The molecule has 7 heteroatoms. The summed E-state index contributed by atoms with van der Waals surface area (Å²) in [6.45, 7) is 4.14. The Labute approximate surface area is 116 Å². The summed E-state index contributed by atoms with van der Waals surface area (Å²) in [5.74, 6) is 0.0733. The van der Waals surface area contributed by atoms with Crippen molar-refractivity contribution in [1.29, 1.82) is 0 Å². The van der Waals surface area contributed by atoms with Crippen LogP contribution in [-0.4, -0.2) is 22.1 Å². The molecular formula is C12H18N4O2S. The molecule has 0 atom stereocenters. The van der Waals surface area contributed by atoms with Gasteiger partial charge in [-0.3, -0.25) is 14.6 Å². The van der Waals surface area contributed by atoms with E-state index in [2.05, 4.69) is 34.3 Å². The van der Waals surface area contributed by atoms with Crippen molar-refractivity contribution in [3.63, 3.8) is 0 Å². The van der Waals surface area contributed by atoms with Crippen molar-refractivity contribution in [3.8, 4) is 0 Å². The molecule has 1 heterocycles. The highest BCUT2D eigenvalue weighted by Gasteiger charge is 2.04. The molecule has 0 unspecified atom stereocenters. The van der Waals surface area contributed by atoms with Gasteiger partial charge >= 0.3 is 0 Å². The van der Waals surface area contributed by atoms with Crippen molar-refractivity contribution in [1.82, 2.24) is 15.4 Å². The number of hydrogen-bond donors (Lipinski definition) is 3. The van der Waals surface area contributed by atoms with Gasteiger partial charge in [0.1, 0.15) is 0 Å². The van der Waals surface area contributed by atoms with Crippen LogP contribution in [0.15, 0.2) is 16.0 Å². The third kappa shape index (κ3) is 5.60. The molecule has 0 fully saturated rings. The molecule has 0 aliphatic heterocycles. The van der Waals surface area contributed by atoms with Crippen LogP contribution in [0.1, 0.15) is 32.4 Å². The van der Waals surface area contributed by atoms with Gasteiger partial charge in [0.25, 0.3) is 5.56 Å². The lowest BCUT2D eigenvalue weighted by molar-refractivity contribution is -0.120. The van der Waals surface area contributed by atoms with Crippen molar-refractivity contribution in [2.24, 2.45) is 11.0 Å². The van der Waals surface area contributed by atoms with Gasteiger partial charge in [0.05, 0.1) is 6.42 Å². The second-order valence-corrected chi connectivity index (χ2v) is 4.59. The number of nitrogens with zero attached hydrogens (tertiary/aromatic N) is 1. The van der Waals surface area contributed by atoms with E-state index in [9.17, 15) is 9.59 Å². The second-order valence-electron chi connectivity index (χ2n) is 4.18. The van der Waals surface area contributed by atoms with Gasteiger partial charge in [-0.1, -0.05) is 13.8 Å². The molecule has 104 valence electrons. The first-order chi connectivity index (χ1) is 9.05. The number of carbonyl (C=O) groups is 1. The van der Waals surface area contributed by atoms with E-state index < -0.39 is 0 Å². The SMILES string of the molecule is CCC(/C=N\NC(=O)Cc1cc(=O)[nH]c(=S)[nH]1)CC. The molecule has 19 heavy (non-hydrogen) atoms. The predicted molar refractivity (Wildman–Crippen MR) is 76.7 cm³/mol. The van der Waals surface area contributed by atoms with Crippen LogP contribution >= 0.6 is 12.2 Å². The Morgan fingerprint density at radius 2 is 2.16 bits per heavy atom. The number of amides is 1. The summed E-state index contributed by atoms with van der Waals surface area (Å²) in [6.07, 6.45) is 3.74. The lowest BCUT2D eigenvalue weighted by Gasteiger charge is -2.04. The number of aromatic nitrogens is 2. The molecule has 1 rings (SSSR count). The van der Waals surface area contributed by atoms with E-state index in [0.29, 0.717) is 11.6 Å². The van der Waals surface area contributed by atoms with Crippen molar-refractivity contribution in [3.05, 3.63) is 26.9 Å². The van der Waals surface area contributed by atoms with Crippen molar-refractivity contribution >= 4 is 24.3 Å². The van der Waals surface area contributed by atoms with Gasteiger partial charge in [-0.15, -0.1) is 0 Å². The van der Waals surface area contributed by atoms with E-state index in [4.69, 9.17) is 12.2 Å². The molecule has 0 saturated carbocycles. The Hall–Kier alpha value is -1.76. The van der Waals surface area contributed by atoms with Crippen LogP contribution in [0, 0.1) is 10.7 Å². The summed E-state index contributed by atoms with van der Waals surface area (Å²) in [7, 11) is 0. The number of hydrazone groups is 1. The zero-order valence-electron chi connectivity index (χ0n) is 11.0. The molecule has 0 saturated heterocycles. The van der Waals surface area contributed by atoms with Gasteiger partial charge in [0.15, 0.2) is 4.77 Å². The maximum Gasteiger partial charge on any atom is 0.251 e. The largest absolute Gasteiger partial charge is 0.335 e. The highest BCUT2D eigenvalue weighted by atomic mass is 32.1. The van der Waals surface area contributed by atoms with Gasteiger partial charge in [-0.2, -0.15) is 5.10 Å². The average molecular weight is 282 g/mol. The van der Waals surface area contributed by atoms with Crippen LogP contribution < -0.4 is 11.0 Å². The van der Waals surface area contributed by atoms with Crippen LogP contribution in [0.2, 0.25) is 0 Å². The van der Waals surface area contributed by atoms with Gasteiger partial charge in [0, 0.05) is 18.0 Å². The normalized spacial score (nSPS) is 11.1. The first-order valence-electron chi connectivity index (χ1n) is 6.19. The molecule has 0 aliphatic carbocycles. The molecule has 3 N–H and O–H groups in total. The quantitative estimate of drug-likeness (QED) is 0.420. The lowest BCUT2D eigenvalue weighted by atomic mass is 10.1. The van der Waals surface area contributed by atoms with Crippen LogP contribution in [-0.2, 0) is 11.2 Å². The zero-order valence-corrected chi connectivity index (χ0v) is 11.8. The Morgan fingerprint density at radius 1 is 1.47 bits per heavy atom. The number of aromatic amines is 2. The van der Waals surface area contributed by atoms with E-state index in [0.717, 1.165) is 12.8 Å². The highest BCUT2D eigenvalue weighted by Crippen LogP contribution is 2.02. The van der Waals surface area contributed by atoms with Crippen LogP contribution in [0.3, 0.4) is 0 Å². The minimum absolute atomic E-state index is 0.0355. The molecule has 1 aromatic heterocycles. The number of carbonyl (C=O) groups excluding carboxylic acids is 1. The predicted octanol–water partition coefficient (Wildman–Crippen LogP) is 1.51. The fraction of sp³-hybridized carbons (Fsp3) is 0.500. The van der Waals surface area contributed by atoms with Gasteiger partial charge in [0.2, 0.25) is 5.91 Å². The monoisotopic (exact) mass is 282 g/mol. The summed E-state index contributed by atoms with van der Waals surface area (Å²) < 4.78 is 0.204. The van der Waals surface area contributed by atoms with E-state index in [1.165, 1.54) is 6.07 Å². The van der Waals surface area contributed by atoms with E-state index >= 15 is 0 Å². The number of hydrogen-bond acceptors (Lipinski definition) is 4. The Morgan fingerprint density at radius 3 is 2.74 bits per heavy atom. The molecule has 0 bridgehead atoms. The summed E-state index contributed by atoms with van der Waals surface area (Å²) in [5, 5.41) is 3.90. The van der Waals surface area contributed by atoms with Crippen LogP contribution in [0.25, 0.3) is 0 Å². The summed E-state index contributed by atoms with van der Waals surface area (Å²) in [4.78, 5) is 27.9. The topological polar surface area (TPSA) is 90.1 Å². The van der Waals surface area contributed by atoms with Crippen molar-refractivity contribution in [2.45, 2.75) is 33.1 Å². The van der Waals surface area contributed by atoms with E-state index in [1.807, 2.05) is 0 Å². The fourth-order valence-electron chi connectivity index (χ4n) is 1.54. The molecule has 0 aliphatic rings. The van der Waals surface area contributed by atoms with Crippen molar-refractivity contribution < 1.29 is 4.79 Å². The highest BCUT2D eigenvalue weighted by molar-refractivity contribution is 7.71. The maximum absolute atomic E-state index is 11.6. The number of H-pyrrole nitrogens is 2. The summed E-state index contributed by atoms with van der Waals surface area (Å²) >= 11 is 4.82. The van der Waals surface area contributed by atoms with E-state index in [-0.39, 0.29) is 22.7 Å². The maximum atomic E-state index is 11.6. The van der Waals surface area contributed by atoms with Crippen LogP contribution in [0.4, 0.5) is 0 Å². The molecule has 6 nitrogen and oxygen atoms in total. The Bertz CT molecular complexity index is 529. The lowest BCUT2D eigenvalue weighted by Crippen LogP contribution is -2.22. The number of nitrogens with one attached hydrogen (secondary N) is 3. The smallest absolute Gasteiger partial charge is 0.251 e. The third-order valence-electron chi connectivity index (χ3n) is 2.69. The van der Waals surface area contributed by atoms with Gasteiger partial charge < -0.3 is 4.98 Å². The average Bonchev–Trinajstić information content (AvgIpc) is 2.33. The molecule has 1 aromatic rings. The Balaban J connectivity index is 2.56. The molecule has 0 aromatic carbocycles. The minimum atomic E-state index is -0.327. The third-order valence-corrected chi connectivity index (χ3v) is 2.89. The van der Waals surface area contributed by atoms with E-state index in [1.54, 1.807) is 6.21 Å². The van der Waals surface area contributed by atoms with Crippen LogP contribution in [0.5, 0.6) is 0 Å². The second kappa shape index (κ2) is 7.63. The summed E-state index contributed by atoms with van der Waals surface area (Å²) in [5.41, 5.74) is 2.57. The van der Waals surface area contributed by atoms with Gasteiger partial charge in [-0.25, -0.2) is 5.43 Å². The van der Waals surface area contributed by atoms with Gasteiger partial charge in [-0.05, 0) is 31.0 Å². The molecule has 0 radical (unpaired) electrons. The zero-order chi connectivity index (χ0) is 14.3. The molecule has 0 spiro atoms. The molecule has 1 amide bonds. The standard InChI is InChI=1S/C12H18N4O2S/c1-3-8(4-2)7-13-16-11(18)6-9-5-10(17)15-12(19)14-9/h5,7-8H,3-4,6H2,1-2H3,(H,16,18)(H2,14,15,17,19)/b13-7-. The molecular weight excluding hydrogens is 264 g/mol. The Kier molecular flexibility index (Phi) is 6.14. The first kappa shape index (κ1) is 15.3. The fourth-order valence-corrected chi connectivity index (χ4v) is 1.77. The minimum Gasteiger partial charge on any atom is -0.335 e. The van der Waals surface area contributed by atoms with Crippen molar-refractivity contribution in [2.75, 3.05) is 0 Å².